The average Bonchev–Trinajstić information content (AvgIpc) is 3.03. The molecule has 1 heterocycles. The molecule has 0 fully saturated rings. The number of methoxy groups -OCH3 is 1. The van der Waals surface area contributed by atoms with Gasteiger partial charge in [0.15, 0.2) is 0 Å². The van der Waals surface area contributed by atoms with Gasteiger partial charge in [-0.2, -0.15) is 0 Å². The number of nitrogens with one attached hydrogen (secondary N) is 1. The molecule has 1 aliphatic carbocycles. The Kier molecular flexibility index (Phi) is 3.57. The molecular formula is C20H20ClNO. The fraction of sp³-hybridized carbons (Fsp3) is 0.300. The van der Waals surface area contributed by atoms with Crippen molar-refractivity contribution < 1.29 is 4.74 Å². The topological polar surface area (TPSA) is 21.3 Å². The van der Waals surface area contributed by atoms with Crippen LogP contribution in [0.1, 0.15) is 35.1 Å². The fourth-order valence-corrected chi connectivity index (χ4v) is 4.27. The molecule has 3 heteroatoms. The third-order valence-corrected chi connectivity index (χ3v) is 5.36. The zero-order valence-electron chi connectivity index (χ0n) is 13.3. The predicted octanol–water partition coefficient (Wildman–Crippen LogP) is 5.48. The Bertz CT molecular complexity index is 783. The minimum absolute atomic E-state index is 0.247. The molecule has 0 saturated carbocycles. The van der Waals surface area contributed by atoms with E-state index < -0.39 is 0 Å². The van der Waals surface area contributed by atoms with Crippen LogP contribution in [0.2, 0.25) is 5.02 Å². The molecule has 0 amide bonds. The summed E-state index contributed by atoms with van der Waals surface area (Å²) < 4.78 is 5.61. The van der Waals surface area contributed by atoms with E-state index in [1.807, 2.05) is 12.1 Å². The number of halogens is 1. The Morgan fingerprint density at radius 1 is 1.22 bits per heavy atom. The van der Waals surface area contributed by atoms with Crippen LogP contribution in [0.25, 0.3) is 0 Å². The Morgan fingerprint density at radius 3 is 2.87 bits per heavy atom. The van der Waals surface area contributed by atoms with Gasteiger partial charge in [-0.05, 0) is 54.2 Å². The molecular weight excluding hydrogens is 306 g/mol. The molecule has 4 rings (SSSR count). The van der Waals surface area contributed by atoms with Gasteiger partial charge in [-0.15, -0.1) is 0 Å². The minimum Gasteiger partial charge on any atom is -0.495 e. The second-order valence-electron chi connectivity index (χ2n) is 6.40. The van der Waals surface area contributed by atoms with E-state index >= 15 is 0 Å². The van der Waals surface area contributed by atoms with Crippen LogP contribution in [-0.2, 0) is 0 Å². The highest BCUT2D eigenvalue weighted by molar-refractivity contribution is 6.30. The van der Waals surface area contributed by atoms with Crippen molar-refractivity contribution >= 4 is 17.3 Å². The highest BCUT2D eigenvalue weighted by Crippen LogP contribution is 2.53. The van der Waals surface area contributed by atoms with Crippen molar-refractivity contribution in [2.45, 2.75) is 25.3 Å². The van der Waals surface area contributed by atoms with Crippen molar-refractivity contribution in [3.8, 4) is 5.75 Å². The van der Waals surface area contributed by atoms with Gasteiger partial charge >= 0.3 is 0 Å². The van der Waals surface area contributed by atoms with Crippen LogP contribution in [0.3, 0.4) is 0 Å². The number of fused-ring (bicyclic) bond motifs is 3. The Morgan fingerprint density at radius 2 is 2.09 bits per heavy atom. The van der Waals surface area contributed by atoms with Gasteiger partial charge in [0.1, 0.15) is 5.75 Å². The highest BCUT2D eigenvalue weighted by atomic mass is 35.5. The summed E-state index contributed by atoms with van der Waals surface area (Å²) in [5.74, 6) is 1.87. The van der Waals surface area contributed by atoms with E-state index in [4.69, 9.17) is 16.3 Å². The summed E-state index contributed by atoms with van der Waals surface area (Å²) in [7, 11) is 1.73. The number of rotatable bonds is 2. The van der Waals surface area contributed by atoms with Gasteiger partial charge in [0, 0.05) is 10.9 Å². The summed E-state index contributed by atoms with van der Waals surface area (Å²) in [6, 6.07) is 12.6. The van der Waals surface area contributed by atoms with E-state index in [1.165, 1.54) is 16.7 Å². The van der Waals surface area contributed by atoms with Gasteiger partial charge in [-0.3, -0.25) is 0 Å². The summed E-state index contributed by atoms with van der Waals surface area (Å²) in [4.78, 5) is 0. The molecule has 3 atom stereocenters. The number of hydrogen-bond donors (Lipinski definition) is 1. The third kappa shape index (κ3) is 2.33. The molecule has 1 aliphatic heterocycles. The molecule has 0 spiro atoms. The van der Waals surface area contributed by atoms with Crippen LogP contribution in [0.5, 0.6) is 5.75 Å². The summed E-state index contributed by atoms with van der Waals surface area (Å²) in [6.45, 7) is 2.18. The molecule has 0 unspecified atom stereocenters. The first-order valence-electron chi connectivity index (χ1n) is 8.05. The number of ether oxygens (including phenoxy) is 1. The van der Waals surface area contributed by atoms with Crippen LogP contribution in [0, 0.1) is 12.8 Å². The Labute approximate surface area is 142 Å². The van der Waals surface area contributed by atoms with E-state index in [1.54, 1.807) is 7.11 Å². The van der Waals surface area contributed by atoms with Crippen molar-refractivity contribution in [3.63, 3.8) is 0 Å². The lowest BCUT2D eigenvalue weighted by atomic mass is 9.75. The Balaban J connectivity index is 1.86. The second kappa shape index (κ2) is 5.61. The molecule has 0 bridgehead atoms. The number of aryl methyl sites for hydroxylation is 1. The molecule has 118 valence electrons. The average molecular weight is 326 g/mol. The lowest BCUT2D eigenvalue weighted by Gasteiger charge is -2.39. The number of anilines is 1. The molecule has 0 saturated heterocycles. The van der Waals surface area contributed by atoms with Crippen molar-refractivity contribution in [1.29, 1.82) is 0 Å². The van der Waals surface area contributed by atoms with E-state index in [9.17, 15) is 0 Å². The summed E-state index contributed by atoms with van der Waals surface area (Å²) in [5, 5.41) is 4.53. The summed E-state index contributed by atoms with van der Waals surface area (Å²) in [6.07, 6.45) is 5.75. The van der Waals surface area contributed by atoms with Gasteiger partial charge in [0.05, 0.1) is 18.8 Å². The smallest absolute Gasteiger partial charge is 0.142 e. The molecule has 23 heavy (non-hydrogen) atoms. The molecule has 0 aromatic heterocycles. The standard InChI is InChI=1S/C20H20ClNO/c1-12-9-10-17(23-2)20-18(12)15-7-4-8-16(15)19(22-20)13-5-3-6-14(21)11-13/h3-7,9-11,15-16,19,22H,8H2,1-2H3/t15-,16+,19+/m0/s1. The normalized spacial score (nSPS) is 24.7. The maximum Gasteiger partial charge on any atom is 0.142 e. The van der Waals surface area contributed by atoms with Gasteiger partial charge in [0.2, 0.25) is 0 Å². The molecule has 2 aromatic rings. The molecule has 2 aromatic carbocycles. The zero-order chi connectivity index (χ0) is 16.0. The highest BCUT2D eigenvalue weighted by Gasteiger charge is 2.39. The van der Waals surface area contributed by atoms with Crippen molar-refractivity contribution in [3.05, 3.63) is 70.3 Å². The monoisotopic (exact) mass is 325 g/mol. The van der Waals surface area contributed by atoms with Crippen LogP contribution >= 0.6 is 11.6 Å². The van der Waals surface area contributed by atoms with Gasteiger partial charge in [-0.25, -0.2) is 0 Å². The van der Waals surface area contributed by atoms with Crippen LogP contribution in [0.15, 0.2) is 48.6 Å². The molecule has 0 radical (unpaired) electrons. The largest absolute Gasteiger partial charge is 0.495 e. The SMILES string of the molecule is COc1ccc(C)c2c1N[C@H](c1cccc(Cl)c1)[C@@H]1CC=C[C@H]21. The third-order valence-electron chi connectivity index (χ3n) is 5.13. The number of benzene rings is 2. The first-order chi connectivity index (χ1) is 11.2. The van der Waals surface area contributed by atoms with Crippen LogP contribution in [0.4, 0.5) is 5.69 Å². The minimum atomic E-state index is 0.247. The number of allylic oxidation sites excluding steroid dienone is 2. The molecule has 1 N–H and O–H groups in total. The van der Waals surface area contributed by atoms with E-state index in [0.717, 1.165) is 22.9 Å². The van der Waals surface area contributed by atoms with Crippen molar-refractivity contribution in [2.24, 2.45) is 5.92 Å². The fourth-order valence-electron chi connectivity index (χ4n) is 4.07. The van der Waals surface area contributed by atoms with Gasteiger partial charge < -0.3 is 10.1 Å². The first-order valence-corrected chi connectivity index (χ1v) is 8.43. The maximum absolute atomic E-state index is 6.22. The van der Waals surface area contributed by atoms with Crippen molar-refractivity contribution in [1.82, 2.24) is 0 Å². The summed E-state index contributed by atoms with van der Waals surface area (Å²) in [5.41, 5.74) is 5.07. The van der Waals surface area contributed by atoms with Gasteiger partial charge in [0.25, 0.3) is 0 Å². The predicted molar refractivity (Wildman–Crippen MR) is 95.5 cm³/mol. The van der Waals surface area contributed by atoms with Crippen LogP contribution in [-0.4, -0.2) is 7.11 Å². The Hall–Kier alpha value is -1.93. The second-order valence-corrected chi connectivity index (χ2v) is 6.84. The quantitative estimate of drug-likeness (QED) is 0.738. The molecule has 2 nitrogen and oxygen atoms in total. The van der Waals surface area contributed by atoms with E-state index in [-0.39, 0.29) is 6.04 Å². The lowest BCUT2D eigenvalue weighted by Crippen LogP contribution is -2.30. The van der Waals surface area contributed by atoms with Crippen LogP contribution < -0.4 is 10.1 Å². The number of hydrogen-bond acceptors (Lipinski definition) is 2. The van der Waals surface area contributed by atoms with E-state index in [2.05, 4.69) is 48.7 Å². The molecule has 2 aliphatic rings. The van der Waals surface area contributed by atoms with E-state index in [0.29, 0.717) is 11.8 Å². The van der Waals surface area contributed by atoms with Gasteiger partial charge in [-0.1, -0.05) is 42.0 Å². The zero-order valence-corrected chi connectivity index (χ0v) is 14.1. The maximum atomic E-state index is 6.22. The summed E-state index contributed by atoms with van der Waals surface area (Å²) >= 11 is 6.22. The van der Waals surface area contributed by atoms with Crippen molar-refractivity contribution in [2.75, 3.05) is 12.4 Å². The lowest BCUT2D eigenvalue weighted by molar-refractivity contribution is 0.396. The first kappa shape index (κ1) is 14.6.